The first-order chi connectivity index (χ1) is 11.2. The molecule has 1 N–H and O–H groups in total. The molecule has 0 aliphatic rings. The second-order valence-corrected chi connectivity index (χ2v) is 4.97. The van der Waals surface area contributed by atoms with Gasteiger partial charge in [0, 0.05) is 0 Å². The lowest BCUT2D eigenvalue weighted by Crippen LogP contribution is -2.29. The molecule has 23 heavy (non-hydrogen) atoms. The number of amides is 1. The molecule has 1 aromatic carbocycles. The van der Waals surface area contributed by atoms with Gasteiger partial charge < -0.3 is 5.32 Å². The van der Waals surface area contributed by atoms with Gasteiger partial charge in [0.2, 0.25) is 0 Å². The third-order valence-electron chi connectivity index (χ3n) is 3.41. The Labute approximate surface area is 135 Å². The van der Waals surface area contributed by atoms with Crippen LogP contribution in [-0.4, -0.2) is 20.9 Å². The number of carbonyl (C=O) groups is 1. The Kier molecular flexibility index (Phi) is 5.64. The molecule has 0 bridgehead atoms. The first-order valence-corrected chi connectivity index (χ1v) is 7.55. The SMILES string of the molecule is CCC(NC(=O)/C(C#N)=C/c1cnn(CC)n1)c1ccccc1. The third-order valence-corrected chi connectivity index (χ3v) is 3.41. The van der Waals surface area contributed by atoms with E-state index in [1.807, 2.05) is 50.2 Å². The van der Waals surface area contributed by atoms with Crippen molar-refractivity contribution < 1.29 is 4.79 Å². The smallest absolute Gasteiger partial charge is 0.262 e. The fraction of sp³-hybridized carbons (Fsp3) is 0.294. The highest BCUT2D eigenvalue weighted by Gasteiger charge is 2.16. The predicted octanol–water partition coefficient (Wildman–Crippen LogP) is 2.47. The Morgan fingerprint density at radius 2 is 2.13 bits per heavy atom. The molecule has 0 saturated heterocycles. The molecule has 6 heteroatoms. The van der Waals surface area contributed by atoms with Crippen molar-refractivity contribution in [3.05, 3.63) is 53.4 Å². The van der Waals surface area contributed by atoms with Crippen LogP contribution in [0, 0.1) is 11.3 Å². The van der Waals surface area contributed by atoms with Crippen LogP contribution in [0.25, 0.3) is 6.08 Å². The number of carbonyl (C=O) groups excluding carboxylic acids is 1. The number of benzene rings is 1. The molecule has 2 rings (SSSR count). The van der Waals surface area contributed by atoms with E-state index < -0.39 is 5.91 Å². The van der Waals surface area contributed by atoms with Crippen molar-refractivity contribution in [1.82, 2.24) is 20.3 Å². The minimum atomic E-state index is -0.408. The van der Waals surface area contributed by atoms with Crippen LogP contribution in [0.1, 0.15) is 37.6 Å². The number of hydrogen-bond acceptors (Lipinski definition) is 4. The van der Waals surface area contributed by atoms with E-state index in [-0.39, 0.29) is 11.6 Å². The van der Waals surface area contributed by atoms with Gasteiger partial charge in [-0.25, -0.2) is 0 Å². The molecule has 0 aliphatic carbocycles. The van der Waals surface area contributed by atoms with Crippen molar-refractivity contribution in [2.24, 2.45) is 0 Å². The Balaban J connectivity index is 2.15. The summed E-state index contributed by atoms with van der Waals surface area (Å²) in [7, 11) is 0. The Bertz CT molecular complexity index is 727. The average molecular weight is 309 g/mol. The van der Waals surface area contributed by atoms with Crippen molar-refractivity contribution in [2.45, 2.75) is 32.9 Å². The molecule has 1 amide bonds. The summed E-state index contributed by atoms with van der Waals surface area (Å²) in [6, 6.07) is 11.5. The van der Waals surface area contributed by atoms with E-state index >= 15 is 0 Å². The van der Waals surface area contributed by atoms with E-state index in [1.165, 1.54) is 17.1 Å². The van der Waals surface area contributed by atoms with Gasteiger partial charge >= 0.3 is 0 Å². The van der Waals surface area contributed by atoms with Crippen molar-refractivity contribution in [3.8, 4) is 6.07 Å². The van der Waals surface area contributed by atoms with Gasteiger partial charge in [-0.15, -0.1) is 0 Å². The molecule has 1 heterocycles. The van der Waals surface area contributed by atoms with Gasteiger partial charge in [0.25, 0.3) is 5.91 Å². The molecule has 2 aromatic rings. The number of hydrogen-bond donors (Lipinski definition) is 1. The number of nitrogens with one attached hydrogen (secondary N) is 1. The van der Waals surface area contributed by atoms with Crippen molar-refractivity contribution in [1.29, 1.82) is 5.26 Å². The van der Waals surface area contributed by atoms with Crippen LogP contribution < -0.4 is 5.32 Å². The molecule has 0 spiro atoms. The molecule has 1 aromatic heterocycles. The second kappa shape index (κ2) is 7.90. The van der Waals surface area contributed by atoms with E-state index in [2.05, 4.69) is 15.5 Å². The highest BCUT2D eigenvalue weighted by molar-refractivity contribution is 6.01. The van der Waals surface area contributed by atoms with E-state index in [9.17, 15) is 10.1 Å². The number of aromatic nitrogens is 3. The highest BCUT2D eigenvalue weighted by Crippen LogP contribution is 2.16. The Hall–Kier alpha value is -2.94. The lowest BCUT2D eigenvalue weighted by Gasteiger charge is -2.17. The van der Waals surface area contributed by atoms with Gasteiger partial charge in [-0.2, -0.15) is 20.3 Å². The molecule has 0 saturated carbocycles. The maximum Gasteiger partial charge on any atom is 0.262 e. The minimum Gasteiger partial charge on any atom is -0.345 e. The molecular formula is C17H19N5O. The average Bonchev–Trinajstić information content (AvgIpc) is 3.05. The number of nitrogens with zero attached hydrogens (tertiary/aromatic N) is 4. The van der Waals surface area contributed by atoms with Gasteiger partial charge in [-0.1, -0.05) is 37.3 Å². The summed E-state index contributed by atoms with van der Waals surface area (Å²) in [6.07, 6.45) is 3.72. The van der Waals surface area contributed by atoms with Crippen molar-refractivity contribution in [3.63, 3.8) is 0 Å². The van der Waals surface area contributed by atoms with Crippen LogP contribution in [0.5, 0.6) is 0 Å². The largest absolute Gasteiger partial charge is 0.345 e. The number of nitriles is 1. The molecule has 0 radical (unpaired) electrons. The summed E-state index contributed by atoms with van der Waals surface area (Å²) < 4.78 is 0. The Morgan fingerprint density at radius 3 is 2.70 bits per heavy atom. The molecular weight excluding hydrogens is 290 g/mol. The van der Waals surface area contributed by atoms with Crippen molar-refractivity contribution in [2.75, 3.05) is 0 Å². The van der Waals surface area contributed by atoms with Crippen LogP contribution in [0.15, 0.2) is 42.1 Å². The molecule has 6 nitrogen and oxygen atoms in total. The maximum atomic E-state index is 12.3. The summed E-state index contributed by atoms with van der Waals surface area (Å²) in [5, 5.41) is 20.3. The molecule has 1 unspecified atom stereocenters. The van der Waals surface area contributed by atoms with Gasteiger partial charge in [-0.05, 0) is 25.0 Å². The number of rotatable bonds is 6. The van der Waals surface area contributed by atoms with E-state index in [1.54, 1.807) is 0 Å². The topological polar surface area (TPSA) is 83.6 Å². The standard InChI is InChI=1S/C17H19N5O/c1-3-16(13-8-6-5-7-9-13)20-17(23)14(11-18)10-15-12-19-22(4-2)21-15/h5-10,12,16H,3-4H2,1-2H3,(H,20,23)/b14-10+. The first kappa shape index (κ1) is 16.4. The van der Waals surface area contributed by atoms with Crippen LogP contribution in [0.3, 0.4) is 0 Å². The fourth-order valence-electron chi connectivity index (χ4n) is 2.17. The van der Waals surface area contributed by atoms with Gasteiger partial charge in [0.1, 0.15) is 17.3 Å². The molecule has 1 atom stereocenters. The minimum absolute atomic E-state index is 0.0162. The number of aryl methyl sites for hydroxylation is 1. The Morgan fingerprint density at radius 1 is 1.39 bits per heavy atom. The quantitative estimate of drug-likeness (QED) is 0.656. The monoisotopic (exact) mass is 309 g/mol. The van der Waals surface area contributed by atoms with Crippen LogP contribution in [0.2, 0.25) is 0 Å². The predicted molar refractivity (Wildman–Crippen MR) is 86.9 cm³/mol. The second-order valence-electron chi connectivity index (χ2n) is 4.97. The zero-order chi connectivity index (χ0) is 16.7. The molecule has 118 valence electrons. The summed E-state index contributed by atoms with van der Waals surface area (Å²) in [4.78, 5) is 13.8. The zero-order valence-corrected chi connectivity index (χ0v) is 13.2. The molecule has 0 fully saturated rings. The molecule has 0 aliphatic heterocycles. The first-order valence-electron chi connectivity index (χ1n) is 7.55. The van der Waals surface area contributed by atoms with Gasteiger partial charge in [0.05, 0.1) is 18.8 Å². The summed E-state index contributed by atoms with van der Waals surface area (Å²) in [6.45, 7) is 4.53. The maximum absolute atomic E-state index is 12.3. The lowest BCUT2D eigenvalue weighted by molar-refractivity contribution is -0.117. The van der Waals surface area contributed by atoms with Crippen LogP contribution in [-0.2, 0) is 11.3 Å². The normalized spacial score (nSPS) is 12.5. The zero-order valence-electron chi connectivity index (χ0n) is 13.2. The third kappa shape index (κ3) is 4.27. The fourth-order valence-corrected chi connectivity index (χ4v) is 2.17. The highest BCUT2D eigenvalue weighted by atomic mass is 16.1. The van der Waals surface area contributed by atoms with E-state index in [0.717, 1.165) is 12.0 Å². The van der Waals surface area contributed by atoms with Gasteiger partial charge in [0.15, 0.2) is 0 Å². The van der Waals surface area contributed by atoms with Gasteiger partial charge in [-0.3, -0.25) is 4.79 Å². The van der Waals surface area contributed by atoms with Crippen LogP contribution in [0.4, 0.5) is 0 Å². The van der Waals surface area contributed by atoms with Crippen LogP contribution >= 0.6 is 0 Å². The summed E-state index contributed by atoms with van der Waals surface area (Å²) in [5.74, 6) is -0.408. The summed E-state index contributed by atoms with van der Waals surface area (Å²) >= 11 is 0. The van der Waals surface area contributed by atoms with Crippen molar-refractivity contribution >= 4 is 12.0 Å². The van der Waals surface area contributed by atoms with E-state index in [0.29, 0.717) is 12.2 Å². The lowest BCUT2D eigenvalue weighted by atomic mass is 10.0. The van der Waals surface area contributed by atoms with E-state index in [4.69, 9.17) is 0 Å². The summed E-state index contributed by atoms with van der Waals surface area (Å²) in [5.41, 5.74) is 1.52.